The molecule has 2 atom stereocenters. The monoisotopic (exact) mass is 492 g/mol. The summed E-state index contributed by atoms with van der Waals surface area (Å²) in [5, 5.41) is 5.98. The summed E-state index contributed by atoms with van der Waals surface area (Å²) >= 11 is 0. The van der Waals surface area contributed by atoms with Gasteiger partial charge in [0.2, 0.25) is 11.8 Å². The van der Waals surface area contributed by atoms with E-state index in [0.29, 0.717) is 11.1 Å². The predicted octanol–water partition coefficient (Wildman–Crippen LogP) is 2.49. The van der Waals surface area contributed by atoms with Crippen molar-refractivity contribution in [2.24, 2.45) is 5.73 Å². The number of carbonyl (C=O) groups excluding carboxylic acids is 3. The molecule has 0 aliphatic heterocycles. The van der Waals surface area contributed by atoms with Crippen molar-refractivity contribution in [2.75, 3.05) is 0 Å². The second kappa shape index (κ2) is 11.1. The van der Waals surface area contributed by atoms with Crippen LogP contribution < -0.4 is 21.9 Å². The van der Waals surface area contributed by atoms with Gasteiger partial charge in [0.15, 0.2) is 0 Å². The number of alkyl carbamates (subject to hydrolysis) is 1. The van der Waals surface area contributed by atoms with Crippen LogP contribution in [0.2, 0.25) is 0 Å². The smallest absolute Gasteiger partial charge is 0.408 e. The standard InChI is InChI=1S/C27H32N4O5/c1-16-10-11-20-18(12-16)14-19(24(33)29-20)15-21(23(28)32)30-25(34)22(13-17-8-6-5-7-9-17)31-26(35)36-27(2,3)4/h5-12,14,21-22H,13,15H2,1-4H3,(H2,28,32)(H,29,33)(H,30,34)(H,31,35)/t21?,22-/m0/s1. The van der Waals surface area contributed by atoms with Crippen molar-refractivity contribution in [3.63, 3.8) is 0 Å². The lowest BCUT2D eigenvalue weighted by Crippen LogP contribution is -2.55. The number of nitrogens with two attached hydrogens (primary N) is 1. The molecule has 3 aromatic rings. The number of amides is 3. The average Bonchev–Trinajstić information content (AvgIpc) is 2.78. The van der Waals surface area contributed by atoms with Crippen LogP contribution in [0.3, 0.4) is 0 Å². The molecule has 0 saturated carbocycles. The molecule has 9 heteroatoms. The number of ether oxygens (including phenoxy) is 1. The van der Waals surface area contributed by atoms with E-state index >= 15 is 0 Å². The summed E-state index contributed by atoms with van der Waals surface area (Å²) in [7, 11) is 0. The number of pyridine rings is 1. The fourth-order valence-electron chi connectivity index (χ4n) is 3.75. The number of primary amides is 1. The Balaban J connectivity index is 1.82. The van der Waals surface area contributed by atoms with Crippen LogP contribution in [0.4, 0.5) is 4.79 Å². The van der Waals surface area contributed by atoms with Crippen LogP contribution in [0.25, 0.3) is 10.9 Å². The lowest BCUT2D eigenvalue weighted by Gasteiger charge is -2.25. The number of nitrogens with one attached hydrogen (secondary N) is 3. The number of rotatable bonds is 8. The first-order valence-electron chi connectivity index (χ1n) is 11.7. The molecule has 0 fully saturated rings. The Kier molecular flexibility index (Phi) is 8.14. The van der Waals surface area contributed by atoms with Gasteiger partial charge in [0.05, 0.1) is 0 Å². The molecule has 0 saturated heterocycles. The normalized spacial score (nSPS) is 13.0. The summed E-state index contributed by atoms with van der Waals surface area (Å²) in [6.45, 7) is 7.07. The first-order chi connectivity index (χ1) is 16.9. The van der Waals surface area contributed by atoms with Gasteiger partial charge >= 0.3 is 6.09 Å². The van der Waals surface area contributed by atoms with Crippen LogP contribution in [-0.2, 0) is 27.2 Å². The van der Waals surface area contributed by atoms with Crippen molar-refractivity contribution in [1.82, 2.24) is 15.6 Å². The minimum Gasteiger partial charge on any atom is -0.444 e. The van der Waals surface area contributed by atoms with Crippen molar-refractivity contribution >= 4 is 28.8 Å². The van der Waals surface area contributed by atoms with Crippen LogP contribution in [0.1, 0.15) is 37.5 Å². The molecule has 0 spiro atoms. The fourth-order valence-corrected chi connectivity index (χ4v) is 3.75. The average molecular weight is 493 g/mol. The van der Waals surface area contributed by atoms with E-state index in [1.807, 2.05) is 49.4 Å². The number of fused-ring (bicyclic) bond motifs is 1. The van der Waals surface area contributed by atoms with Gasteiger partial charge in [-0.2, -0.15) is 0 Å². The minimum absolute atomic E-state index is 0.106. The lowest BCUT2D eigenvalue weighted by molar-refractivity contribution is -0.128. The predicted molar refractivity (Wildman–Crippen MR) is 137 cm³/mol. The molecule has 190 valence electrons. The van der Waals surface area contributed by atoms with Gasteiger partial charge < -0.3 is 26.1 Å². The molecule has 3 amide bonds. The molecule has 1 unspecified atom stereocenters. The molecule has 9 nitrogen and oxygen atoms in total. The first kappa shape index (κ1) is 26.5. The van der Waals surface area contributed by atoms with Crippen LogP contribution in [0, 0.1) is 6.92 Å². The summed E-state index contributed by atoms with van der Waals surface area (Å²) in [5.41, 5.74) is 7.22. The number of aromatic amines is 1. The zero-order valence-electron chi connectivity index (χ0n) is 20.9. The lowest BCUT2D eigenvalue weighted by atomic mass is 10.0. The summed E-state index contributed by atoms with van der Waals surface area (Å²) in [5.74, 6) is -1.43. The number of hydrogen-bond donors (Lipinski definition) is 4. The van der Waals surface area contributed by atoms with Crippen LogP contribution in [0.5, 0.6) is 0 Å². The van der Waals surface area contributed by atoms with Gasteiger partial charge in [-0.15, -0.1) is 0 Å². The van der Waals surface area contributed by atoms with E-state index < -0.39 is 35.6 Å². The first-order valence-corrected chi connectivity index (χ1v) is 11.7. The van der Waals surface area contributed by atoms with E-state index in [1.54, 1.807) is 32.9 Å². The maximum absolute atomic E-state index is 13.2. The van der Waals surface area contributed by atoms with Crippen molar-refractivity contribution in [3.8, 4) is 0 Å². The number of aryl methyl sites for hydroxylation is 1. The summed E-state index contributed by atoms with van der Waals surface area (Å²) in [6, 6.07) is 14.2. The molecule has 36 heavy (non-hydrogen) atoms. The quantitative estimate of drug-likeness (QED) is 0.382. The number of aromatic nitrogens is 1. The van der Waals surface area contributed by atoms with Gasteiger partial charge in [-0.05, 0) is 56.8 Å². The van der Waals surface area contributed by atoms with Gasteiger partial charge in [0.1, 0.15) is 17.7 Å². The third kappa shape index (κ3) is 7.43. The van der Waals surface area contributed by atoms with Crippen LogP contribution in [0.15, 0.2) is 59.4 Å². The summed E-state index contributed by atoms with van der Waals surface area (Å²) in [6.07, 6.45) is -0.714. The molecule has 3 rings (SSSR count). The van der Waals surface area contributed by atoms with E-state index in [-0.39, 0.29) is 18.4 Å². The van der Waals surface area contributed by atoms with Gasteiger partial charge in [0, 0.05) is 23.9 Å². The molecule has 0 radical (unpaired) electrons. The highest BCUT2D eigenvalue weighted by Gasteiger charge is 2.28. The number of carbonyl (C=O) groups is 3. The zero-order chi connectivity index (χ0) is 26.5. The Morgan fingerprint density at radius 3 is 2.31 bits per heavy atom. The molecule has 0 aliphatic rings. The molecule has 0 bridgehead atoms. The summed E-state index contributed by atoms with van der Waals surface area (Å²) in [4.78, 5) is 53.3. The Morgan fingerprint density at radius 1 is 0.972 bits per heavy atom. The Labute approximate surface area is 209 Å². The van der Waals surface area contributed by atoms with E-state index in [0.717, 1.165) is 16.5 Å². The largest absolute Gasteiger partial charge is 0.444 e. The van der Waals surface area contributed by atoms with E-state index in [2.05, 4.69) is 15.6 Å². The molecule has 2 aromatic carbocycles. The molecular formula is C27H32N4O5. The van der Waals surface area contributed by atoms with Crippen LogP contribution in [-0.4, -0.2) is 40.6 Å². The van der Waals surface area contributed by atoms with Gasteiger partial charge in [-0.1, -0.05) is 42.0 Å². The fraction of sp³-hybridized carbons (Fsp3) is 0.333. The van der Waals surface area contributed by atoms with Crippen molar-refractivity contribution in [3.05, 3.63) is 81.6 Å². The van der Waals surface area contributed by atoms with E-state index in [9.17, 15) is 19.2 Å². The minimum atomic E-state index is -1.17. The third-order valence-corrected chi connectivity index (χ3v) is 5.45. The SMILES string of the molecule is Cc1ccc2[nH]c(=O)c(CC(NC(=O)[C@H](Cc3ccccc3)NC(=O)OC(C)(C)C)C(N)=O)cc2c1. The zero-order valence-corrected chi connectivity index (χ0v) is 20.9. The Hall–Kier alpha value is -4.14. The highest BCUT2D eigenvalue weighted by molar-refractivity contribution is 5.91. The van der Waals surface area contributed by atoms with Crippen molar-refractivity contribution < 1.29 is 19.1 Å². The van der Waals surface area contributed by atoms with Crippen molar-refractivity contribution in [2.45, 2.75) is 58.2 Å². The number of benzene rings is 2. The van der Waals surface area contributed by atoms with Crippen LogP contribution >= 0.6 is 0 Å². The van der Waals surface area contributed by atoms with E-state index in [4.69, 9.17) is 10.5 Å². The Morgan fingerprint density at radius 2 is 1.67 bits per heavy atom. The third-order valence-electron chi connectivity index (χ3n) is 5.45. The summed E-state index contributed by atoms with van der Waals surface area (Å²) < 4.78 is 5.30. The highest BCUT2D eigenvalue weighted by Crippen LogP contribution is 2.14. The maximum Gasteiger partial charge on any atom is 0.408 e. The maximum atomic E-state index is 13.2. The highest BCUT2D eigenvalue weighted by atomic mass is 16.6. The molecular weight excluding hydrogens is 460 g/mol. The van der Waals surface area contributed by atoms with Crippen molar-refractivity contribution in [1.29, 1.82) is 0 Å². The second-order valence-corrected chi connectivity index (χ2v) is 9.77. The molecule has 1 aromatic heterocycles. The Bertz CT molecular complexity index is 1310. The van der Waals surface area contributed by atoms with Gasteiger partial charge in [-0.3, -0.25) is 14.4 Å². The number of hydrogen-bond acceptors (Lipinski definition) is 5. The molecule has 0 aliphatic carbocycles. The van der Waals surface area contributed by atoms with E-state index in [1.165, 1.54) is 0 Å². The molecule has 5 N–H and O–H groups in total. The number of H-pyrrole nitrogens is 1. The molecule has 1 heterocycles. The van der Waals surface area contributed by atoms with Gasteiger partial charge in [-0.25, -0.2) is 4.79 Å². The topological polar surface area (TPSA) is 143 Å². The van der Waals surface area contributed by atoms with Gasteiger partial charge in [0.25, 0.3) is 5.56 Å². The second-order valence-electron chi connectivity index (χ2n) is 9.77.